The molecule has 1 aliphatic carbocycles. The molecule has 2 amide bonds. The number of nitrogens with zero attached hydrogens (tertiary/aromatic N) is 1. The Morgan fingerprint density at radius 3 is 2.24 bits per heavy atom. The largest absolute Gasteiger partial charge is 0.481 e. The molecule has 0 heterocycles. The molecule has 0 saturated carbocycles. The van der Waals surface area contributed by atoms with Crippen LogP contribution in [-0.2, 0) is 19.1 Å². The van der Waals surface area contributed by atoms with Crippen molar-refractivity contribution in [1.29, 1.82) is 0 Å². The smallest absolute Gasteiger partial charge is 0.407 e. The fourth-order valence-electron chi connectivity index (χ4n) is 4.08. The standard InChI is InChI=1S/C25H30N2O6/c1-3-32-14-8-13-27(2)24(30)22(15-23(28)29)26-25(31)33-16-21-19-11-6-4-9-17(19)18-10-5-7-12-20(18)21/h4-7,9-12,21-22H,3,8,13-16H2,1-2H3,(H,26,31)(H,28,29). The van der Waals surface area contributed by atoms with Gasteiger partial charge >= 0.3 is 12.1 Å². The zero-order valence-corrected chi connectivity index (χ0v) is 19.0. The van der Waals surface area contributed by atoms with E-state index in [2.05, 4.69) is 5.32 Å². The summed E-state index contributed by atoms with van der Waals surface area (Å²) < 4.78 is 10.7. The van der Waals surface area contributed by atoms with Crippen molar-refractivity contribution in [1.82, 2.24) is 10.2 Å². The van der Waals surface area contributed by atoms with Gasteiger partial charge in [-0.25, -0.2) is 4.79 Å². The van der Waals surface area contributed by atoms with Crippen molar-refractivity contribution in [2.75, 3.05) is 33.4 Å². The van der Waals surface area contributed by atoms with Crippen LogP contribution in [0.3, 0.4) is 0 Å². The van der Waals surface area contributed by atoms with Crippen LogP contribution >= 0.6 is 0 Å². The topological polar surface area (TPSA) is 105 Å². The van der Waals surface area contributed by atoms with Crippen molar-refractivity contribution < 1.29 is 29.0 Å². The third-order valence-corrected chi connectivity index (χ3v) is 5.68. The number of carbonyl (C=O) groups excluding carboxylic acids is 2. The van der Waals surface area contributed by atoms with Crippen LogP contribution in [-0.4, -0.2) is 67.4 Å². The lowest BCUT2D eigenvalue weighted by Crippen LogP contribution is -2.49. The number of hydrogen-bond donors (Lipinski definition) is 2. The number of rotatable bonds is 11. The lowest BCUT2D eigenvalue weighted by Gasteiger charge is -2.24. The van der Waals surface area contributed by atoms with Crippen LogP contribution in [0, 0.1) is 0 Å². The Bertz CT molecular complexity index is 947. The highest BCUT2D eigenvalue weighted by atomic mass is 16.5. The molecule has 0 saturated heterocycles. The molecule has 1 atom stereocenters. The van der Waals surface area contributed by atoms with Crippen LogP contribution in [0.5, 0.6) is 0 Å². The highest BCUT2D eigenvalue weighted by Crippen LogP contribution is 2.44. The summed E-state index contributed by atoms with van der Waals surface area (Å²) in [7, 11) is 1.57. The molecule has 33 heavy (non-hydrogen) atoms. The minimum atomic E-state index is -1.21. The molecule has 1 aliphatic rings. The average Bonchev–Trinajstić information content (AvgIpc) is 3.13. The van der Waals surface area contributed by atoms with E-state index in [9.17, 15) is 19.5 Å². The second kappa shape index (κ2) is 11.5. The Morgan fingerprint density at radius 1 is 1.06 bits per heavy atom. The number of likely N-dealkylation sites (N-methyl/N-ethyl adjacent to an activating group) is 1. The third-order valence-electron chi connectivity index (χ3n) is 5.68. The number of amides is 2. The predicted molar refractivity (Wildman–Crippen MR) is 123 cm³/mol. The van der Waals surface area contributed by atoms with Gasteiger partial charge < -0.3 is 24.8 Å². The molecule has 8 heteroatoms. The molecule has 3 rings (SSSR count). The summed E-state index contributed by atoms with van der Waals surface area (Å²) in [5.74, 6) is -1.80. The molecule has 1 unspecified atom stereocenters. The number of carbonyl (C=O) groups is 3. The number of ether oxygens (including phenoxy) is 2. The average molecular weight is 455 g/mol. The molecule has 2 N–H and O–H groups in total. The van der Waals surface area contributed by atoms with E-state index >= 15 is 0 Å². The second-order valence-corrected chi connectivity index (χ2v) is 7.93. The number of aliphatic carboxylic acids is 1. The number of carboxylic acid groups (broad SMARTS) is 1. The quantitative estimate of drug-likeness (QED) is 0.505. The maximum Gasteiger partial charge on any atom is 0.407 e. The summed E-state index contributed by atoms with van der Waals surface area (Å²) in [4.78, 5) is 37.9. The van der Waals surface area contributed by atoms with Crippen molar-refractivity contribution in [2.45, 2.75) is 31.7 Å². The molecular formula is C25H30N2O6. The summed E-state index contributed by atoms with van der Waals surface area (Å²) in [5, 5.41) is 11.6. The van der Waals surface area contributed by atoms with Crippen LogP contribution in [0.4, 0.5) is 4.79 Å². The normalized spacial score (nSPS) is 13.0. The van der Waals surface area contributed by atoms with Gasteiger partial charge in [-0.05, 0) is 35.6 Å². The molecule has 0 bridgehead atoms. The predicted octanol–water partition coefficient (Wildman–Crippen LogP) is 3.25. The van der Waals surface area contributed by atoms with E-state index in [1.54, 1.807) is 7.05 Å². The number of fused-ring (bicyclic) bond motifs is 3. The Labute approximate surface area is 193 Å². The molecule has 0 spiro atoms. The van der Waals surface area contributed by atoms with Crippen LogP contribution in [0.2, 0.25) is 0 Å². The molecule has 2 aromatic carbocycles. The van der Waals surface area contributed by atoms with E-state index in [0.717, 1.165) is 22.3 Å². The van der Waals surface area contributed by atoms with E-state index in [1.807, 2.05) is 55.5 Å². The Balaban J connectivity index is 1.62. The van der Waals surface area contributed by atoms with Crippen molar-refractivity contribution in [3.05, 3.63) is 59.7 Å². The van der Waals surface area contributed by atoms with E-state index in [-0.39, 0.29) is 12.5 Å². The molecular weight excluding hydrogens is 424 g/mol. The highest BCUT2D eigenvalue weighted by Gasteiger charge is 2.31. The van der Waals surface area contributed by atoms with Gasteiger partial charge in [-0.2, -0.15) is 0 Å². The molecule has 8 nitrogen and oxygen atoms in total. The van der Waals surface area contributed by atoms with Gasteiger partial charge in [0.1, 0.15) is 12.6 Å². The van der Waals surface area contributed by atoms with Crippen molar-refractivity contribution >= 4 is 18.0 Å². The van der Waals surface area contributed by atoms with Gasteiger partial charge in [0.2, 0.25) is 5.91 Å². The monoisotopic (exact) mass is 454 g/mol. The Hall–Kier alpha value is -3.39. The first-order chi connectivity index (χ1) is 15.9. The maximum absolute atomic E-state index is 12.7. The Morgan fingerprint density at radius 2 is 1.67 bits per heavy atom. The first-order valence-corrected chi connectivity index (χ1v) is 11.1. The SMILES string of the molecule is CCOCCCN(C)C(=O)C(CC(=O)O)NC(=O)OCC1c2ccccc2-c2ccccc21. The lowest BCUT2D eigenvalue weighted by atomic mass is 9.98. The summed E-state index contributed by atoms with van der Waals surface area (Å²) in [6.45, 7) is 3.44. The van der Waals surface area contributed by atoms with Gasteiger partial charge in [0, 0.05) is 32.7 Å². The second-order valence-electron chi connectivity index (χ2n) is 7.93. The summed E-state index contributed by atoms with van der Waals surface area (Å²) >= 11 is 0. The van der Waals surface area contributed by atoms with Crippen molar-refractivity contribution in [3.8, 4) is 11.1 Å². The van der Waals surface area contributed by atoms with Crippen LogP contribution in [0.25, 0.3) is 11.1 Å². The Kier molecular flexibility index (Phi) is 8.43. The molecule has 0 aromatic heterocycles. The molecule has 0 aliphatic heterocycles. The van der Waals surface area contributed by atoms with Gasteiger partial charge in [0.25, 0.3) is 0 Å². The summed E-state index contributed by atoms with van der Waals surface area (Å²) in [6.07, 6.45) is -0.737. The van der Waals surface area contributed by atoms with E-state index in [1.165, 1.54) is 4.90 Å². The zero-order chi connectivity index (χ0) is 23.8. The highest BCUT2D eigenvalue weighted by molar-refractivity contribution is 5.89. The molecule has 2 aromatic rings. The van der Waals surface area contributed by atoms with Crippen molar-refractivity contribution in [2.24, 2.45) is 0 Å². The zero-order valence-electron chi connectivity index (χ0n) is 19.0. The van der Waals surface area contributed by atoms with Crippen LogP contribution < -0.4 is 5.32 Å². The number of carboxylic acids is 1. The van der Waals surface area contributed by atoms with E-state index < -0.39 is 30.4 Å². The maximum atomic E-state index is 12.7. The number of hydrogen-bond acceptors (Lipinski definition) is 5. The van der Waals surface area contributed by atoms with Gasteiger partial charge in [-0.1, -0.05) is 48.5 Å². The summed E-state index contributed by atoms with van der Waals surface area (Å²) in [6, 6.07) is 14.7. The third kappa shape index (κ3) is 6.10. The molecule has 176 valence electrons. The fourth-order valence-corrected chi connectivity index (χ4v) is 4.08. The van der Waals surface area contributed by atoms with Gasteiger partial charge in [0.15, 0.2) is 0 Å². The fraction of sp³-hybridized carbons (Fsp3) is 0.400. The summed E-state index contributed by atoms with van der Waals surface area (Å²) in [5.41, 5.74) is 4.35. The number of alkyl carbamates (subject to hydrolysis) is 1. The van der Waals surface area contributed by atoms with E-state index in [4.69, 9.17) is 9.47 Å². The minimum absolute atomic E-state index is 0.0814. The number of nitrogens with one attached hydrogen (secondary N) is 1. The van der Waals surface area contributed by atoms with Gasteiger partial charge in [-0.15, -0.1) is 0 Å². The van der Waals surface area contributed by atoms with Crippen LogP contribution in [0.1, 0.15) is 36.8 Å². The first-order valence-electron chi connectivity index (χ1n) is 11.1. The van der Waals surface area contributed by atoms with Crippen LogP contribution in [0.15, 0.2) is 48.5 Å². The minimum Gasteiger partial charge on any atom is -0.481 e. The molecule has 0 fully saturated rings. The first kappa shape index (κ1) is 24.3. The lowest BCUT2D eigenvalue weighted by molar-refractivity contribution is -0.142. The molecule has 0 radical (unpaired) electrons. The van der Waals surface area contributed by atoms with E-state index in [0.29, 0.717) is 26.2 Å². The van der Waals surface area contributed by atoms with Crippen molar-refractivity contribution in [3.63, 3.8) is 0 Å². The number of benzene rings is 2. The van der Waals surface area contributed by atoms with Gasteiger partial charge in [0.05, 0.1) is 6.42 Å². The van der Waals surface area contributed by atoms with Gasteiger partial charge in [-0.3, -0.25) is 9.59 Å².